The van der Waals surface area contributed by atoms with Crippen molar-refractivity contribution in [3.05, 3.63) is 0 Å². The minimum atomic E-state index is -2.46. The summed E-state index contributed by atoms with van der Waals surface area (Å²) in [4.78, 5) is 0. The fourth-order valence-corrected chi connectivity index (χ4v) is 3.08. The van der Waals surface area contributed by atoms with Crippen molar-refractivity contribution < 1.29 is 13.3 Å². The summed E-state index contributed by atoms with van der Waals surface area (Å²) in [5, 5.41) is 3.08. The second kappa shape index (κ2) is 6.47. The van der Waals surface area contributed by atoms with Crippen LogP contribution in [0.3, 0.4) is 0 Å². The molecule has 0 aliphatic rings. The maximum Gasteiger partial charge on any atom is 0.501 e. The summed E-state index contributed by atoms with van der Waals surface area (Å²) >= 11 is 0. The monoisotopic (exact) mass is 208 g/mol. The SMILES string of the molecule is CNC(CN)C[Si](OC)(OC)OC. The highest BCUT2D eigenvalue weighted by molar-refractivity contribution is 6.60. The van der Waals surface area contributed by atoms with Gasteiger partial charge in [-0.2, -0.15) is 0 Å². The Hall–Kier alpha value is 0.0169. The first-order valence-electron chi connectivity index (χ1n) is 4.20. The van der Waals surface area contributed by atoms with Crippen LogP contribution in [0.5, 0.6) is 0 Å². The molecule has 6 heteroatoms. The van der Waals surface area contributed by atoms with E-state index >= 15 is 0 Å². The lowest BCUT2D eigenvalue weighted by Crippen LogP contribution is -2.50. The van der Waals surface area contributed by atoms with Gasteiger partial charge >= 0.3 is 8.80 Å². The lowest BCUT2D eigenvalue weighted by molar-refractivity contribution is 0.120. The first-order chi connectivity index (χ1) is 6.17. The van der Waals surface area contributed by atoms with Crippen LogP contribution in [-0.2, 0) is 13.3 Å². The lowest BCUT2D eigenvalue weighted by atomic mass is 10.3. The van der Waals surface area contributed by atoms with Crippen molar-refractivity contribution in [2.75, 3.05) is 34.9 Å². The van der Waals surface area contributed by atoms with E-state index in [1.807, 2.05) is 7.05 Å². The average molecular weight is 208 g/mol. The van der Waals surface area contributed by atoms with E-state index in [-0.39, 0.29) is 6.04 Å². The molecular formula is C7H20N2O3Si. The molecule has 5 nitrogen and oxygen atoms in total. The molecule has 0 aromatic heterocycles. The van der Waals surface area contributed by atoms with Gasteiger partial charge in [-0.25, -0.2) is 0 Å². The summed E-state index contributed by atoms with van der Waals surface area (Å²) in [6, 6.07) is 0.857. The van der Waals surface area contributed by atoms with Crippen LogP contribution in [0.4, 0.5) is 0 Å². The molecule has 13 heavy (non-hydrogen) atoms. The van der Waals surface area contributed by atoms with E-state index in [2.05, 4.69) is 5.32 Å². The van der Waals surface area contributed by atoms with E-state index in [0.717, 1.165) is 0 Å². The third-order valence-corrected chi connectivity index (χ3v) is 4.98. The quantitative estimate of drug-likeness (QED) is 0.548. The number of nitrogens with two attached hydrogens (primary N) is 1. The van der Waals surface area contributed by atoms with E-state index < -0.39 is 8.80 Å². The zero-order chi connectivity index (χ0) is 10.3. The van der Waals surface area contributed by atoms with E-state index in [0.29, 0.717) is 12.6 Å². The third kappa shape index (κ3) is 3.71. The molecule has 0 saturated heterocycles. The molecule has 1 atom stereocenters. The predicted molar refractivity (Wildman–Crippen MR) is 53.5 cm³/mol. The largest absolute Gasteiger partial charge is 0.501 e. The molecule has 0 aliphatic carbocycles. The molecule has 0 aliphatic heterocycles. The van der Waals surface area contributed by atoms with Crippen molar-refractivity contribution in [3.8, 4) is 0 Å². The van der Waals surface area contributed by atoms with Crippen molar-refractivity contribution in [1.82, 2.24) is 5.32 Å². The molecule has 0 heterocycles. The van der Waals surface area contributed by atoms with Gasteiger partial charge in [-0.3, -0.25) is 0 Å². The molecule has 0 rings (SSSR count). The summed E-state index contributed by atoms with van der Waals surface area (Å²) in [5.41, 5.74) is 5.55. The van der Waals surface area contributed by atoms with Gasteiger partial charge in [0, 0.05) is 40.0 Å². The molecule has 0 aromatic carbocycles. The van der Waals surface area contributed by atoms with E-state index in [9.17, 15) is 0 Å². The fourth-order valence-electron chi connectivity index (χ4n) is 1.11. The molecule has 0 spiro atoms. The van der Waals surface area contributed by atoms with Gasteiger partial charge in [-0.05, 0) is 7.05 Å². The molecule has 1 unspecified atom stereocenters. The Kier molecular flexibility index (Phi) is 6.48. The van der Waals surface area contributed by atoms with Crippen LogP contribution in [0, 0.1) is 0 Å². The number of likely N-dealkylation sites (N-methyl/N-ethyl adjacent to an activating group) is 1. The summed E-state index contributed by atoms with van der Waals surface area (Å²) in [6.07, 6.45) is 0. The highest BCUT2D eigenvalue weighted by Gasteiger charge is 2.39. The topological polar surface area (TPSA) is 65.7 Å². The summed E-state index contributed by atoms with van der Waals surface area (Å²) in [6.45, 7) is 0.543. The fraction of sp³-hybridized carbons (Fsp3) is 1.00. The molecule has 3 N–H and O–H groups in total. The van der Waals surface area contributed by atoms with Gasteiger partial charge in [0.1, 0.15) is 0 Å². The van der Waals surface area contributed by atoms with Crippen molar-refractivity contribution >= 4 is 8.80 Å². The van der Waals surface area contributed by atoms with Crippen molar-refractivity contribution in [3.63, 3.8) is 0 Å². The molecule has 0 aromatic rings. The van der Waals surface area contributed by atoms with Gasteiger partial charge in [0.05, 0.1) is 0 Å². The van der Waals surface area contributed by atoms with Crippen LogP contribution in [0.1, 0.15) is 0 Å². The van der Waals surface area contributed by atoms with Gasteiger partial charge in [-0.1, -0.05) is 0 Å². The Morgan fingerprint density at radius 2 is 1.69 bits per heavy atom. The Morgan fingerprint density at radius 3 is 1.92 bits per heavy atom. The first-order valence-corrected chi connectivity index (χ1v) is 6.14. The first kappa shape index (κ1) is 13.0. The standard InChI is InChI=1S/C7H20N2O3Si/c1-9-7(5-8)6-13(10-2,11-3)12-4/h7,9H,5-6,8H2,1-4H3. The second-order valence-corrected chi connectivity index (χ2v) is 5.72. The molecule has 0 radical (unpaired) electrons. The maximum absolute atomic E-state index is 5.55. The molecule has 80 valence electrons. The van der Waals surface area contributed by atoms with Gasteiger partial charge in [0.15, 0.2) is 0 Å². The average Bonchev–Trinajstić information content (AvgIpc) is 2.21. The van der Waals surface area contributed by atoms with Gasteiger partial charge in [-0.15, -0.1) is 0 Å². The van der Waals surface area contributed by atoms with Crippen LogP contribution < -0.4 is 11.1 Å². The van der Waals surface area contributed by atoms with Crippen LogP contribution in [0.15, 0.2) is 0 Å². The second-order valence-electron chi connectivity index (χ2n) is 2.72. The molecule has 0 saturated carbocycles. The Bertz CT molecular complexity index is 121. The van der Waals surface area contributed by atoms with Crippen molar-refractivity contribution in [1.29, 1.82) is 0 Å². The molecule has 0 bridgehead atoms. The Balaban J connectivity index is 4.21. The summed E-state index contributed by atoms with van der Waals surface area (Å²) in [7, 11) is 4.19. The minimum Gasteiger partial charge on any atom is -0.377 e. The van der Waals surface area contributed by atoms with E-state index in [1.165, 1.54) is 0 Å². The van der Waals surface area contributed by atoms with Crippen molar-refractivity contribution in [2.24, 2.45) is 5.73 Å². The van der Waals surface area contributed by atoms with E-state index in [4.69, 9.17) is 19.0 Å². The van der Waals surface area contributed by atoms with Crippen LogP contribution in [0.25, 0.3) is 0 Å². The Morgan fingerprint density at radius 1 is 1.23 bits per heavy atom. The molecular weight excluding hydrogens is 188 g/mol. The summed E-state index contributed by atoms with van der Waals surface area (Å²) in [5.74, 6) is 0. The zero-order valence-corrected chi connectivity index (χ0v) is 9.79. The highest BCUT2D eigenvalue weighted by atomic mass is 28.4. The predicted octanol–water partition coefficient (Wildman–Crippen LogP) is -0.589. The zero-order valence-electron chi connectivity index (χ0n) is 8.79. The lowest BCUT2D eigenvalue weighted by Gasteiger charge is -2.27. The normalized spacial score (nSPS) is 14.5. The van der Waals surface area contributed by atoms with Crippen LogP contribution in [0.2, 0.25) is 6.04 Å². The minimum absolute atomic E-state index is 0.173. The van der Waals surface area contributed by atoms with E-state index in [1.54, 1.807) is 21.3 Å². The van der Waals surface area contributed by atoms with Crippen molar-refractivity contribution in [2.45, 2.75) is 12.1 Å². The third-order valence-electron chi connectivity index (χ3n) is 2.12. The highest BCUT2D eigenvalue weighted by Crippen LogP contribution is 2.14. The van der Waals surface area contributed by atoms with Crippen LogP contribution in [-0.4, -0.2) is 49.8 Å². The smallest absolute Gasteiger partial charge is 0.377 e. The number of rotatable bonds is 7. The maximum atomic E-state index is 5.55. The molecule has 0 amide bonds. The summed E-state index contributed by atoms with van der Waals surface area (Å²) < 4.78 is 15.8. The molecule has 0 fully saturated rings. The Labute approximate surface area is 80.9 Å². The number of hydrogen-bond acceptors (Lipinski definition) is 5. The van der Waals surface area contributed by atoms with Gasteiger partial charge in [0.2, 0.25) is 0 Å². The number of nitrogens with one attached hydrogen (secondary N) is 1. The van der Waals surface area contributed by atoms with Crippen LogP contribution >= 0.6 is 0 Å². The van der Waals surface area contributed by atoms with Gasteiger partial charge < -0.3 is 24.3 Å². The van der Waals surface area contributed by atoms with Gasteiger partial charge in [0.25, 0.3) is 0 Å². The number of hydrogen-bond donors (Lipinski definition) is 2.